The van der Waals surface area contributed by atoms with Crippen molar-refractivity contribution in [3.05, 3.63) is 29.8 Å². The Morgan fingerprint density at radius 3 is 2.44 bits per heavy atom. The number of rotatable bonds is 4. The molecule has 0 aliphatic heterocycles. The van der Waals surface area contributed by atoms with Gasteiger partial charge in [0.2, 0.25) is 0 Å². The zero-order valence-corrected chi connectivity index (χ0v) is 9.51. The van der Waals surface area contributed by atoms with Crippen LogP contribution in [0.5, 0.6) is 0 Å². The normalized spacial score (nSPS) is 11.9. The van der Waals surface area contributed by atoms with E-state index in [1.165, 1.54) is 4.90 Å². The highest BCUT2D eigenvalue weighted by molar-refractivity contribution is 5.89. The largest absolute Gasteiger partial charge is 0.351 e. The molecule has 4 nitrogen and oxygen atoms in total. The first-order valence-corrected chi connectivity index (χ1v) is 5.13. The average molecular weight is 220 g/mol. The van der Waals surface area contributed by atoms with Crippen LogP contribution in [0.25, 0.3) is 0 Å². The smallest absolute Gasteiger partial charge is 0.318 e. The monoisotopic (exact) mass is 220 g/mol. The third-order valence-electron chi connectivity index (χ3n) is 2.63. The van der Waals surface area contributed by atoms with Crippen molar-refractivity contribution in [2.75, 3.05) is 11.9 Å². The van der Waals surface area contributed by atoms with Crippen LogP contribution in [0, 0.1) is 0 Å². The fourth-order valence-corrected chi connectivity index (χ4v) is 1.43. The second-order valence-electron chi connectivity index (χ2n) is 3.79. The average Bonchev–Trinajstić information content (AvgIpc) is 2.28. The Bertz CT molecular complexity index is 373. The minimum Gasteiger partial charge on any atom is -0.351 e. The van der Waals surface area contributed by atoms with Crippen molar-refractivity contribution in [2.24, 2.45) is 5.73 Å². The number of primary amides is 1. The fourth-order valence-electron chi connectivity index (χ4n) is 1.43. The van der Waals surface area contributed by atoms with Crippen LogP contribution in [0.4, 0.5) is 10.5 Å². The fraction of sp³-hybridized carbons (Fsp3) is 0.333. The minimum absolute atomic E-state index is 0.199. The van der Waals surface area contributed by atoms with Crippen LogP contribution in [0.3, 0.4) is 0 Å². The summed E-state index contributed by atoms with van der Waals surface area (Å²) in [5.74, 6) is 0.199. The maximum absolute atomic E-state index is 10.9. The molecule has 0 aliphatic carbocycles. The second-order valence-corrected chi connectivity index (χ2v) is 3.79. The summed E-state index contributed by atoms with van der Waals surface area (Å²) < 4.78 is 0. The van der Waals surface area contributed by atoms with E-state index in [4.69, 9.17) is 5.73 Å². The lowest BCUT2D eigenvalue weighted by atomic mass is 9.98. The molecule has 0 aromatic heterocycles. The van der Waals surface area contributed by atoms with E-state index < -0.39 is 6.03 Å². The third-order valence-corrected chi connectivity index (χ3v) is 2.63. The molecular weight excluding hydrogens is 204 g/mol. The van der Waals surface area contributed by atoms with Crippen LogP contribution in [0.2, 0.25) is 0 Å². The molecule has 4 heteroatoms. The lowest BCUT2D eigenvalue weighted by molar-refractivity contribution is -0.108. The Morgan fingerprint density at radius 2 is 2.00 bits per heavy atom. The number of urea groups is 1. The quantitative estimate of drug-likeness (QED) is 0.787. The van der Waals surface area contributed by atoms with Gasteiger partial charge in [0.15, 0.2) is 0 Å². The van der Waals surface area contributed by atoms with Crippen molar-refractivity contribution in [3.8, 4) is 0 Å². The van der Waals surface area contributed by atoms with E-state index in [-0.39, 0.29) is 5.92 Å². The molecule has 1 atom stereocenters. The molecule has 0 spiro atoms. The summed E-state index contributed by atoms with van der Waals surface area (Å²) in [5, 5.41) is 0. The lowest BCUT2D eigenvalue weighted by Crippen LogP contribution is -2.31. The third kappa shape index (κ3) is 2.82. The molecule has 2 amide bonds. The van der Waals surface area contributed by atoms with Gasteiger partial charge in [0.1, 0.15) is 6.29 Å². The summed E-state index contributed by atoms with van der Waals surface area (Å²) in [7, 11) is 1.62. The van der Waals surface area contributed by atoms with Gasteiger partial charge >= 0.3 is 6.03 Å². The molecule has 2 N–H and O–H groups in total. The molecule has 0 bridgehead atoms. The molecule has 0 aliphatic rings. The summed E-state index contributed by atoms with van der Waals surface area (Å²) in [4.78, 5) is 22.7. The first kappa shape index (κ1) is 12.2. The van der Waals surface area contributed by atoms with Crippen LogP contribution in [-0.4, -0.2) is 19.4 Å². The predicted molar refractivity (Wildman–Crippen MR) is 63.5 cm³/mol. The highest BCUT2D eigenvalue weighted by atomic mass is 16.2. The Labute approximate surface area is 95.0 Å². The molecule has 0 radical (unpaired) electrons. The number of amides is 2. The Balaban J connectivity index is 2.82. The molecule has 1 aromatic rings. The molecular formula is C12H16N2O2. The van der Waals surface area contributed by atoms with Gasteiger partial charge in [-0.2, -0.15) is 0 Å². The van der Waals surface area contributed by atoms with E-state index in [0.29, 0.717) is 6.42 Å². The van der Waals surface area contributed by atoms with Gasteiger partial charge in [-0.05, 0) is 23.6 Å². The highest BCUT2D eigenvalue weighted by Gasteiger charge is 2.08. The molecule has 16 heavy (non-hydrogen) atoms. The maximum atomic E-state index is 10.9. The summed E-state index contributed by atoms with van der Waals surface area (Å²) in [6, 6.07) is 6.96. The summed E-state index contributed by atoms with van der Waals surface area (Å²) in [6.45, 7) is 1.99. The molecule has 86 valence electrons. The van der Waals surface area contributed by atoms with Crippen LogP contribution in [-0.2, 0) is 4.79 Å². The molecule has 0 fully saturated rings. The standard InChI is InChI=1S/C12H16N2O2/c1-9(7-8-15)10-3-5-11(6-4-10)14(2)12(13)16/h3-6,8-9H,7H2,1-2H3,(H2,13,16). The van der Waals surface area contributed by atoms with Crippen LogP contribution >= 0.6 is 0 Å². The molecule has 0 saturated heterocycles. The van der Waals surface area contributed by atoms with Crippen molar-refractivity contribution >= 4 is 18.0 Å². The zero-order valence-electron chi connectivity index (χ0n) is 9.51. The number of hydrogen-bond acceptors (Lipinski definition) is 2. The number of anilines is 1. The van der Waals surface area contributed by atoms with Gasteiger partial charge in [-0.3, -0.25) is 4.90 Å². The predicted octanol–water partition coefficient (Wildman–Crippen LogP) is 1.89. The number of hydrogen-bond donors (Lipinski definition) is 1. The van der Waals surface area contributed by atoms with Crippen LogP contribution < -0.4 is 10.6 Å². The van der Waals surface area contributed by atoms with E-state index >= 15 is 0 Å². The molecule has 1 aromatic carbocycles. The van der Waals surface area contributed by atoms with Gasteiger partial charge < -0.3 is 10.5 Å². The minimum atomic E-state index is -0.492. The Hall–Kier alpha value is -1.84. The second kappa shape index (κ2) is 5.30. The Morgan fingerprint density at radius 1 is 1.44 bits per heavy atom. The molecule has 1 unspecified atom stereocenters. The van der Waals surface area contributed by atoms with Gasteiger partial charge in [-0.1, -0.05) is 19.1 Å². The number of aldehydes is 1. The van der Waals surface area contributed by atoms with Gasteiger partial charge in [-0.25, -0.2) is 4.79 Å². The van der Waals surface area contributed by atoms with E-state index in [1.54, 1.807) is 7.05 Å². The van der Waals surface area contributed by atoms with Gasteiger partial charge in [0.05, 0.1) is 0 Å². The maximum Gasteiger partial charge on any atom is 0.318 e. The molecule has 0 saturated carbocycles. The van der Waals surface area contributed by atoms with Gasteiger partial charge in [0, 0.05) is 19.2 Å². The Kier molecular flexibility index (Phi) is 4.05. The van der Waals surface area contributed by atoms with Crippen molar-refractivity contribution in [1.82, 2.24) is 0 Å². The summed E-state index contributed by atoms with van der Waals surface area (Å²) in [6.07, 6.45) is 1.42. The van der Waals surface area contributed by atoms with Gasteiger partial charge in [0.25, 0.3) is 0 Å². The first-order valence-electron chi connectivity index (χ1n) is 5.13. The van der Waals surface area contributed by atoms with Crippen molar-refractivity contribution in [1.29, 1.82) is 0 Å². The highest BCUT2D eigenvalue weighted by Crippen LogP contribution is 2.21. The lowest BCUT2D eigenvalue weighted by Gasteiger charge is -2.15. The van der Waals surface area contributed by atoms with E-state index in [2.05, 4.69) is 0 Å². The van der Waals surface area contributed by atoms with Crippen molar-refractivity contribution < 1.29 is 9.59 Å². The number of nitrogens with zero attached hydrogens (tertiary/aromatic N) is 1. The van der Waals surface area contributed by atoms with Gasteiger partial charge in [-0.15, -0.1) is 0 Å². The van der Waals surface area contributed by atoms with E-state index in [1.807, 2.05) is 31.2 Å². The van der Waals surface area contributed by atoms with Crippen molar-refractivity contribution in [3.63, 3.8) is 0 Å². The van der Waals surface area contributed by atoms with Crippen molar-refractivity contribution in [2.45, 2.75) is 19.3 Å². The van der Waals surface area contributed by atoms with Crippen LogP contribution in [0.1, 0.15) is 24.8 Å². The number of nitrogens with two attached hydrogens (primary N) is 1. The van der Waals surface area contributed by atoms with E-state index in [0.717, 1.165) is 17.5 Å². The SMILES string of the molecule is CC(CC=O)c1ccc(N(C)C(N)=O)cc1. The number of carbonyl (C=O) groups is 2. The zero-order chi connectivity index (χ0) is 12.1. The van der Waals surface area contributed by atoms with E-state index in [9.17, 15) is 9.59 Å². The summed E-state index contributed by atoms with van der Waals surface area (Å²) >= 11 is 0. The summed E-state index contributed by atoms with van der Waals surface area (Å²) in [5.41, 5.74) is 6.98. The molecule has 0 heterocycles. The number of benzene rings is 1. The molecule has 1 rings (SSSR count). The van der Waals surface area contributed by atoms with Crippen LogP contribution in [0.15, 0.2) is 24.3 Å². The topological polar surface area (TPSA) is 63.4 Å². The first-order chi connectivity index (χ1) is 7.56. The number of carbonyl (C=O) groups excluding carboxylic acids is 2.